The third-order valence-electron chi connectivity index (χ3n) is 5.73. The SMILES string of the molecule is COc1ccc(-c2nc3ccccc3c(=O)n2N=Cc2cc(Br)cc(Br)c2OC(=O)c2ccc(Br)cc2)cc1. The summed E-state index contributed by atoms with van der Waals surface area (Å²) in [5.41, 5.74) is 1.72. The van der Waals surface area contributed by atoms with Crippen LogP contribution >= 0.6 is 47.8 Å². The number of methoxy groups -OCH3 is 1. The lowest BCUT2D eigenvalue weighted by Gasteiger charge is -2.12. The monoisotopic (exact) mass is 709 g/mol. The van der Waals surface area contributed by atoms with Gasteiger partial charge in [0.25, 0.3) is 5.56 Å². The molecule has 0 radical (unpaired) electrons. The summed E-state index contributed by atoms with van der Waals surface area (Å²) in [5, 5.41) is 4.95. The lowest BCUT2D eigenvalue weighted by atomic mass is 10.2. The number of esters is 1. The Morgan fingerprint density at radius 1 is 0.923 bits per heavy atom. The Balaban J connectivity index is 1.61. The van der Waals surface area contributed by atoms with Crippen LogP contribution < -0.4 is 15.0 Å². The van der Waals surface area contributed by atoms with Crippen LogP contribution in [-0.2, 0) is 0 Å². The molecule has 10 heteroatoms. The van der Waals surface area contributed by atoms with Gasteiger partial charge in [0.1, 0.15) is 5.75 Å². The summed E-state index contributed by atoms with van der Waals surface area (Å²) in [4.78, 5) is 31.2. The van der Waals surface area contributed by atoms with Crippen LogP contribution in [-0.4, -0.2) is 29.0 Å². The van der Waals surface area contributed by atoms with Crippen molar-refractivity contribution in [3.05, 3.63) is 120 Å². The van der Waals surface area contributed by atoms with Crippen molar-refractivity contribution in [3.8, 4) is 22.9 Å². The summed E-state index contributed by atoms with van der Waals surface area (Å²) >= 11 is 10.3. The van der Waals surface area contributed by atoms with Crippen molar-refractivity contribution in [2.75, 3.05) is 7.11 Å². The second kappa shape index (κ2) is 11.6. The number of nitrogens with zero attached hydrogens (tertiary/aromatic N) is 3. The van der Waals surface area contributed by atoms with Gasteiger partial charge in [0.15, 0.2) is 11.6 Å². The molecule has 0 saturated heterocycles. The Labute approximate surface area is 248 Å². The van der Waals surface area contributed by atoms with Gasteiger partial charge in [0.05, 0.1) is 34.3 Å². The molecule has 1 aromatic heterocycles. The Morgan fingerprint density at radius 2 is 1.64 bits per heavy atom. The van der Waals surface area contributed by atoms with Gasteiger partial charge >= 0.3 is 5.97 Å². The first kappa shape index (κ1) is 27.0. The van der Waals surface area contributed by atoms with Crippen molar-refractivity contribution in [1.29, 1.82) is 0 Å². The van der Waals surface area contributed by atoms with Gasteiger partial charge in [0, 0.05) is 20.1 Å². The largest absolute Gasteiger partial charge is 0.497 e. The maximum Gasteiger partial charge on any atom is 0.343 e. The maximum absolute atomic E-state index is 13.6. The first-order valence-corrected chi connectivity index (χ1v) is 13.9. The molecule has 0 fully saturated rings. The van der Waals surface area contributed by atoms with Gasteiger partial charge in [-0.15, -0.1) is 0 Å². The standard InChI is InChI=1S/C29H18Br3N3O4/c1-38-22-12-8-17(9-13-22)27-34-25-5-3-2-4-23(25)28(36)35(27)33-16-19-14-21(31)15-24(32)26(19)39-29(37)18-6-10-20(30)11-7-18/h2-16H,1H3. The molecule has 0 spiro atoms. The molecule has 0 amide bonds. The van der Waals surface area contributed by atoms with E-state index >= 15 is 0 Å². The third-order valence-corrected chi connectivity index (χ3v) is 7.30. The highest BCUT2D eigenvalue weighted by molar-refractivity contribution is 9.11. The summed E-state index contributed by atoms with van der Waals surface area (Å²) in [6, 6.07) is 24.6. The van der Waals surface area contributed by atoms with E-state index < -0.39 is 5.97 Å². The van der Waals surface area contributed by atoms with Gasteiger partial charge in [-0.05, 0) is 88.7 Å². The van der Waals surface area contributed by atoms with Gasteiger partial charge in [-0.3, -0.25) is 4.79 Å². The molecular weight excluding hydrogens is 694 g/mol. The zero-order valence-corrected chi connectivity index (χ0v) is 25.0. The van der Waals surface area contributed by atoms with Crippen molar-refractivity contribution in [2.24, 2.45) is 5.10 Å². The second-order valence-electron chi connectivity index (χ2n) is 8.24. The van der Waals surface area contributed by atoms with Crippen molar-refractivity contribution < 1.29 is 14.3 Å². The normalized spacial score (nSPS) is 11.2. The van der Waals surface area contributed by atoms with E-state index in [2.05, 4.69) is 52.9 Å². The minimum atomic E-state index is -0.538. The molecule has 0 N–H and O–H groups in total. The summed E-state index contributed by atoms with van der Waals surface area (Å²) < 4.78 is 14.4. The number of carbonyl (C=O) groups is 1. The fourth-order valence-electron chi connectivity index (χ4n) is 3.80. The maximum atomic E-state index is 13.6. The van der Waals surface area contributed by atoms with Gasteiger partial charge in [0.2, 0.25) is 0 Å². The topological polar surface area (TPSA) is 82.8 Å². The number of fused-ring (bicyclic) bond motifs is 1. The van der Waals surface area contributed by atoms with E-state index in [1.807, 2.05) is 18.2 Å². The van der Waals surface area contributed by atoms with Gasteiger partial charge in [-0.1, -0.05) is 44.0 Å². The summed E-state index contributed by atoms with van der Waals surface area (Å²) in [5.74, 6) is 0.736. The first-order chi connectivity index (χ1) is 18.8. The number of rotatable bonds is 6. The molecule has 5 aromatic rings. The molecule has 0 unspecified atom stereocenters. The van der Waals surface area contributed by atoms with E-state index in [0.717, 1.165) is 8.95 Å². The van der Waals surface area contributed by atoms with Crippen molar-refractivity contribution in [1.82, 2.24) is 9.66 Å². The zero-order valence-electron chi connectivity index (χ0n) is 20.3. The molecule has 39 heavy (non-hydrogen) atoms. The van der Waals surface area contributed by atoms with Gasteiger partial charge in [-0.2, -0.15) is 9.78 Å². The number of hydrogen-bond donors (Lipinski definition) is 0. The molecule has 4 aromatic carbocycles. The highest BCUT2D eigenvalue weighted by Gasteiger charge is 2.17. The number of aromatic nitrogens is 2. The zero-order chi connectivity index (χ0) is 27.5. The molecule has 7 nitrogen and oxygen atoms in total. The minimum absolute atomic E-state index is 0.252. The molecule has 0 saturated carbocycles. The Kier molecular flexibility index (Phi) is 8.06. The third kappa shape index (κ3) is 5.88. The number of ether oxygens (including phenoxy) is 2. The van der Waals surface area contributed by atoms with Crippen LogP contribution in [0.3, 0.4) is 0 Å². The Bertz CT molecular complexity index is 1780. The summed E-state index contributed by atoms with van der Waals surface area (Å²) in [6.45, 7) is 0. The highest BCUT2D eigenvalue weighted by atomic mass is 79.9. The van der Waals surface area contributed by atoms with Crippen LogP contribution in [0, 0.1) is 0 Å². The molecule has 0 atom stereocenters. The average Bonchev–Trinajstić information content (AvgIpc) is 2.94. The van der Waals surface area contributed by atoms with Gasteiger partial charge in [-0.25, -0.2) is 9.78 Å². The van der Waals surface area contributed by atoms with E-state index in [4.69, 9.17) is 14.5 Å². The quantitative estimate of drug-likeness (QED) is 0.104. The summed E-state index contributed by atoms with van der Waals surface area (Å²) in [6.07, 6.45) is 1.46. The number of carbonyl (C=O) groups excluding carboxylic acids is 1. The molecular formula is C29H18Br3N3O4. The molecule has 5 rings (SSSR count). The fraction of sp³-hybridized carbons (Fsp3) is 0.0345. The molecule has 1 heterocycles. The Hall–Kier alpha value is -3.60. The first-order valence-electron chi connectivity index (χ1n) is 11.5. The van der Waals surface area contributed by atoms with E-state index in [0.29, 0.717) is 43.6 Å². The second-order valence-corrected chi connectivity index (χ2v) is 10.9. The molecule has 194 valence electrons. The minimum Gasteiger partial charge on any atom is -0.497 e. The van der Waals surface area contributed by atoms with E-state index in [-0.39, 0.29) is 11.3 Å². The van der Waals surface area contributed by atoms with Crippen LogP contribution in [0.25, 0.3) is 22.3 Å². The number of hydrogen-bond acceptors (Lipinski definition) is 6. The van der Waals surface area contributed by atoms with Crippen LogP contribution in [0.5, 0.6) is 11.5 Å². The smallest absolute Gasteiger partial charge is 0.343 e. The molecule has 0 aliphatic heterocycles. The highest BCUT2D eigenvalue weighted by Crippen LogP contribution is 2.33. The van der Waals surface area contributed by atoms with E-state index in [1.54, 1.807) is 73.8 Å². The average molecular weight is 712 g/mol. The van der Waals surface area contributed by atoms with Gasteiger partial charge < -0.3 is 9.47 Å². The van der Waals surface area contributed by atoms with Crippen LogP contribution in [0.15, 0.2) is 108 Å². The Morgan fingerprint density at radius 3 is 2.36 bits per heavy atom. The number of benzene rings is 4. The summed E-state index contributed by atoms with van der Waals surface area (Å²) in [7, 11) is 1.58. The van der Waals surface area contributed by atoms with Crippen LogP contribution in [0.2, 0.25) is 0 Å². The van der Waals surface area contributed by atoms with Crippen LogP contribution in [0.4, 0.5) is 0 Å². The van der Waals surface area contributed by atoms with E-state index in [1.165, 1.54) is 10.9 Å². The number of halogens is 3. The molecule has 0 aliphatic carbocycles. The molecule has 0 aliphatic rings. The van der Waals surface area contributed by atoms with Crippen molar-refractivity contribution in [2.45, 2.75) is 0 Å². The predicted octanol–water partition coefficient (Wildman–Crippen LogP) is 7.46. The number of para-hydroxylation sites is 1. The van der Waals surface area contributed by atoms with Crippen molar-refractivity contribution >= 4 is 70.9 Å². The lowest BCUT2D eigenvalue weighted by Crippen LogP contribution is -2.20. The van der Waals surface area contributed by atoms with Crippen molar-refractivity contribution in [3.63, 3.8) is 0 Å². The fourth-order valence-corrected chi connectivity index (χ4v) is 5.40. The lowest BCUT2D eigenvalue weighted by molar-refractivity contribution is 0.0733. The molecule has 0 bridgehead atoms. The van der Waals surface area contributed by atoms with Crippen LogP contribution in [0.1, 0.15) is 15.9 Å². The predicted molar refractivity (Wildman–Crippen MR) is 162 cm³/mol. The van der Waals surface area contributed by atoms with E-state index in [9.17, 15) is 9.59 Å².